The molecule has 0 atom stereocenters. The van der Waals surface area contributed by atoms with Crippen molar-refractivity contribution in [1.82, 2.24) is 9.36 Å². The van der Waals surface area contributed by atoms with Crippen LogP contribution in [0.15, 0.2) is 4.79 Å². The van der Waals surface area contributed by atoms with Gasteiger partial charge >= 0.3 is 0 Å². The van der Waals surface area contributed by atoms with Gasteiger partial charge in [-0.2, -0.15) is 0 Å². The van der Waals surface area contributed by atoms with E-state index in [2.05, 4.69) is 0 Å². The zero-order valence-corrected chi connectivity index (χ0v) is 8.49. The number of carbonyl (C=O) groups is 1. The molecular weight excluding hydrogens is 180 g/mol. The van der Waals surface area contributed by atoms with Crippen molar-refractivity contribution in [2.75, 3.05) is 0 Å². The number of nitrogens with zero attached hydrogens (tertiary/aromatic N) is 2. The molecule has 0 aliphatic heterocycles. The van der Waals surface area contributed by atoms with E-state index in [0.717, 1.165) is 18.5 Å². The van der Waals surface area contributed by atoms with Crippen LogP contribution >= 0.6 is 0 Å². The van der Waals surface area contributed by atoms with Gasteiger partial charge in [0, 0.05) is 12.7 Å². The van der Waals surface area contributed by atoms with Gasteiger partial charge in [-0.15, -0.1) is 0 Å². The topological polar surface area (TPSA) is 44.0 Å². The van der Waals surface area contributed by atoms with Crippen LogP contribution in [0.4, 0.5) is 0 Å². The van der Waals surface area contributed by atoms with Crippen molar-refractivity contribution >= 4 is 6.29 Å². The van der Waals surface area contributed by atoms with E-state index in [9.17, 15) is 9.59 Å². The molecule has 1 fully saturated rings. The lowest BCUT2D eigenvalue weighted by Gasteiger charge is -2.27. The first kappa shape index (κ1) is 9.24. The summed E-state index contributed by atoms with van der Waals surface area (Å²) in [6.45, 7) is 1.81. The molecule has 76 valence electrons. The van der Waals surface area contributed by atoms with Gasteiger partial charge in [-0.05, 0) is 26.2 Å². The van der Waals surface area contributed by atoms with Gasteiger partial charge < -0.3 is 0 Å². The lowest BCUT2D eigenvalue weighted by Crippen LogP contribution is -2.31. The summed E-state index contributed by atoms with van der Waals surface area (Å²) >= 11 is 0. The van der Waals surface area contributed by atoms with Crippen molar-refractivity contribution in [2.45, 2.75) is 32.2 Å². The molecule has 0 amide bonds. The second-order valence-corrected chi connectivity index (χ2v) is 3.87. The van der Waals surface area contributed by atoms with Crippen LogP contribution in [0.25, 0.3) is 0 Å². The third kappa shape index (κ3) is 1.06. The fraction of sp³-hybridized carbons (Fsp3) is 0.600. The van der Waals surface area contributed by atoms with Gasteiger partial charge in [0.15, 0.2) is 6.29 Å². The molecule has 0 unspecified atom stereocenters. The first-order valence-corrected chi connectivity index (χ1v) is 4.90. The SMILES string of the molecule is Cc1c(C=O)c(=O)n(C2CCC2)n1C. The Morgan fingerprint density at radius 1 is 1.43 bits per heavy atom. The predicted octanol–water partition coefficient (Wildman–Crippen LogP) is 1.03. The van der Waals surface area contributed by atoms with Crippen LogP contribution in [0.3, 0.4) is 0 Å². The Morgan fingerprint density at radius 3 is 2.43 bits per heavy atom. The minimum absolute atomic E-state index is 0.135. The number of aldehydes is 1. The van der Waals surface area contributed by atoms with E-state index >= 15 is 0 Å². The molecule has 4 nitrogen and oxygen atoms in total. The van der Waals surface area contributed by atoms with Crippen molar-refractivity contribution in [3.63, 3.8) is 0 Å². The molecule has 1 saturated carbocycles. The highest BCUT2D eigenvalue weighted by molar-refractivity contribution is 5.75. The third-order valence-electron chi connectivity index (χ3n) is 3.18. The maximum Gasteiger partial charge on any atom is 0.277 e. The minimum Gasteiger partial charge on any atom is -0.298 e. The van der Waals surface area contributed by atoms with E-state index in [1.807, 2.05) is 7.05 Å². The lowest BCUT2D eigenvalue weighted by atomic mass is 9.93. The van der Waals surface area contributed by atoms with Crippen LogP contribution in [0.2, 0.25) is 0 Å². The number of aromatic nitrogens is 2. The predicted molar refractivity (Wildman–Crippen MR) is 52.7 cm³/mol. The first-order valence-electron chi connectivity index (χ1n) is 4.90. The van der Waals surface area contributed by atoms with Crippen molar-refractivity contribution in [1.29, 1.82) is 0 Å². The van der Waals surface area contributed by atoms with Crippen LogP contribution in [0.5, 0.6) is 0 Å². The molecule has 1 aromatic heterocycles. The lowest BCUT2D eigenvalue weighted by molar-refractivity contribution is 0.112. The van der Waals surface area contributed by atoms with Crippen molar-refractivity contribution in [3.8, 4) is 0 Å². The number of hydrogen-bond donors (Lipinski definition) is 0. The Labute approximate surface area is 82.1 Å². The first-order chi connectivity index (χ1) is 6.66. The summed E-state index contributed by atoms with van der Waals surface area (Å²) in [5, 5.41) is 0. The standard InChI is InChI=1S/C10H14N2O2/c1-7-9(6-13)10(14)12(11(7)2)8-4-3-5-8/h6,8H,3-5H2,1-2H3. The molecule has 1 aliphatic rings. The molecule has 0 saturated heterocycles. The van der Waals surface area contributed by atoms with Gasteiger partial charge in [-0.25, -0.2) is 4.68 Å². The highest BCUT2D eigenvalue weighted by Crippen LogP contribution is 2.30. The molecule has 0 bridgehead atoms. The summed E-state index contributed by atoms with van der Waals surface area (Å²) in [5.74, 6) is 0. The van der Waals surface area contributed by atoms with Gasteiger partial charge in [0.1, 0.15) is 5.56 Å². The summed E-state index contributed by atoms with van der Waals surface area (Å²) in [6.07, 6.45) is 3.94. The summed E-state index contributed by atoms with van der Waals surface area (Å²) in [4.78, 5) is 22.5. The summed E-state index contributed by atoms with van der Waals surface area (Å²) in [5.41, 5.74) is 0.931. The summed E-state index contributed by atoms with van der Waals surface area (Å²) < 4.78 is 3.51. The number of carbonyl (C=O) groups excluding carboxylic acids is 1. The highest BCUT2D eigenvalue weighted by atomic mass is 16.1. The van der Waals surface area contributed by atoms with Crippen molar-refractivity contribution in [2.24, 2.45) is 7.05 Å². The summed E-state index contributed by atoms with van der Waals surface area (Å²) in [7, 11) is 1.84. The quantitative estimate of drug-likeness (QED) is 0.660. The smallest absolute Gasteiger partial charge is 0.277 e. The van der Waals surface area contributed by atoms with Crippen molar-refractivity contribution < 1.29 is 4.79 Å². The maximum absolute atomic E-state index is 11.8. The second-order valence-electron chi connectivity index (χ2n) is 3.87. The molecule has 1 aromatic rings. The number of rotatable bonds is 2. The van der Waals surface area contributed by atoms with Gasteiger partial charge in [0.25, 0.3) is 5.56 Å². The Balaban J connectivity index is 2.59. The molecule has 0 radical (unpaired) electrons. The van der Waals surface area contributed by atoms with Crippen LogP contribution < -0.4 is 5.56 Å². The highest BCUT2D eigenvalue weighted by Gasteiger charge is 2.25. The van der Waals surface area contributed by atoms with E-state index in [-0.39, 0.29) is 5.56 Å². The van der Waals surface area contributed by atoms with Gasteiger partial charge in [-0.3, -0.25) is 14.3 Å². The van der Waals surface area contributed by atoms with Crippen LogP contribution in [-0.4, -0.2) is 15.6 Å². The third-order valence-corrected chi connectivity index (χ3v) is 3.18. The normalized spacial score (nSPS) is 16.7. The van der Waals surface area contributed by atoms with Gasteiger partial charge in [-0.1, -0.05) is 0 Å². The Morgan fingerprint density at radius 2 is 2.07 bits per heavy atom. The van der Waals surface area contributed by atoms with Gasteiger partial charge in [0.05, 0.1) is 6.04 Å². The monoisotopic (exact) mass is 194 g/mol. The fourth-order valence-corrected chi connectivity index (χ4v) is 1.93. The molecule has 0 spiro atoms. The van der Waals surface area contributed by atoms with E-state index in [1.54, 1.807) is 16.3 Å². The van der Waals surface area contributed by atoms with E-state index in [0.29, 0.717) is 17.9 Å². The van der Waals surface area contributed by atoms with Crippen LogP contribution in [0, 0.1) is 6.92 Å². The molecule has 0 aromatic carbocycles. The van der Waals surface area contributed by atoms with E-state index in [1.165, 1.54) is 6.42 Å². The molecule has 14 heavy (non-hydrogen) atoms. The fourth-order valence-electron chi connectivity index (χ4n) is 1.93. The molecule has 4 heteroatoms. The largest absolute Gasteiger partial charge is 0.298 e. The minimum atomic E-state index is -0.135. The molecule has 2 rings (SSSR count). The van der Waals surface area contributed by atoms with Crippen molar-refractivity contribution in [3.05, 3.63) is 21.6 Å². The molecule has 1 heterocycles. The zero-order valence-electron chi connectivity index (χ0n) is 8.49. The van der Waals surface area contributed by atoms with E-state index < -0.39 is 0 Å². The molecular formula is C10H14N2O2. The van der Waals surface area contributed by atoms with Crippen LogP contribution in [0.1, 0.15) is 41.4 Å². The second kappa shape index (κ2) is 3.12. The average Bonchev–Trinajstić information content (AvgIpc) is 2.27. The maximum atomic E-state index is 11.8. The average molecular weight is 194 g/mol. The molecule has 0 N–H and O–H groups in total. The Kier molecular flexibility index (Phi) is 2.06. The van der Waals surface area contributed by atoms with E-state index in [4.69, 9.17) is 0 Å². The summed E-state index contributed by atoms with van der Waals surface area (Å²) in [6, 6.07) is 0.305. The Bertz CT molecular complexity index is 424. The number of hydrogen-bond acceptors (Lipinski definition) is 2. The van der Waals surface area contributed by atoms with Crippen LogP contribution in [-0.2, 0) is 7.05 Å². The van der Waals surface area contributed by atoms with Gasteiger partial charge in [0.2, 0.25) is 0 Å². The molecule has 1 aliphatic carbocycles. The Hall–Kier alpha value is -1.32. The zero-order chi connectivity index (χ0) is 10.3.